The topological polar surface area (TPSA) is 96.0 Å². The highest BCUT2D eigenvalue weighted by Gasteiger charge is 2.33. The van der Waals surface area contributed by atoms with E-state index in [9.17, 15) is 31.2 Å². The molecule has 0 saturated carbocycles. The number of halogens is 3. The Bertz CT molecular complexity index is 1410. The molecule has 4 rings (SSSR count). The van der Waals surface area contributed by atoms with Crippen molar-refractivity contribution in [3.8, 4) is 0 Å². The lowest BCUT2D eigenvalue weighted by Gasteiger charge is -2.28. The molecule has 1 saturated heterocycles. The minimum absolute atomic E-state index is 0.148. The van der Waals surface area contributed by atoms with Crippen LogP contribution in [0.15, 0.2) is 83.8 Å². The fourth-order valence-corrected chi connectivity index (χ4v) is 5.34. The van der Waals surface area contributed by atoms with Gasteiger partial charge in [-0.15, -0.1) is 0 Å². The second kappa shape index (κ2) is 11.2. The van der Waals surface area contributed by atoms with Crippen LogP contribution in [0.3, 0.4) is 0 Å². The van der Waals surface area contributed by atoms with E-state index in [-0.39, 0.29) is 27.7 Å². The van der Waals surface area contributed by atoms with Crippen LogP contribution < -0.4 is 9.62 Å². The highest BCUT2D eigenvalue weighted by Crippen LogP contribution is 2.33. The molecule has 1 N–H and O–H groups in total. The first-order valence-corrected chi connectivity index (χ1v) is 13.0. The van der Waals surface area contributed by atoms with Gasteiger partial charge in [0.2, 0.25) is 5.91 Å². The molecule has 12 heteroatoms. The van der Waals surface area contributed by atoms with Crippen molar-refractivity contribution in [2.45, 2.75) is 11.1 Å². The Morgan fingerprint density at radius 3 is 2.26 bits per heavy atom. The summed E-state index contributed by atoms with van der Waals surface area (Å²) in [7, 11) is -4.43. The third-order valence-electron chi connectivity index (χ3n) is 5.81. The van der Waals surface area contributed by atoms with Crippen molar-refractivity contribution in [3.05, 3.63) is 90.0 Å². The van der Waals surface area contributed by atoms with Crippen LogP contribution in [0.2, 0.25) is 0 Å². The van der Waals surface area contributed by atoms with E-state index in [0.29, 0.717) is 36.7 Å². The molecule has 3 aromatic rings. The van der Waals surface area contributed by atoms with Gasteiger partial charge < -0.3 is 15.0 Å². The molecular weight excluding hydrogens is 523 g/mol. The van der Waals surface area contributed by atoms with Gasteiger partial charge in [0, 0.05) is 13.1 Å². The van der Waals surface area contributed by atoms with Crippen LogP contribution in [-0.4, -0.2) is 58.0 Å². The molecule has 0 atom stereocenters. The Balaban J connectivity index is 1.65. The Morgan fingerprint density at radius 1 is 0.921 bits per heavy atom. The lowest BCUT2D eigenvalue weighted by molar-refractivity contribution is -0.137. The summed E-state index contributed by atoms with van der Waals surface area (Å²) in [6.45, 7) is 0.672. The maximum absolute atomic E-state index is 13.5. The number of carbonyl (C=O) groups is 2. The van der Waals surface area contributed by atoms with Crippen LogP contribution in [-0.2, 0) is 25.7 Å². The average molecular weight is 548 g/mol. The number of ether oxygens (including phenoxy) is 1. The van der Waals surface area contributed by atoms with Crippen molar-refractivity contribution in [1.82, 2.24) is 4.90 Å². The van der Waals surface area contributed by atoms with E-state index in [1.54, 1.807) is 23.1 Å². The number of morpholine rings is 1. The van der Waals surface area contributed by atoms with Crippen molar-refractivity contribution in [2.24, 2.45) is 0 Å². The number of rotatable bonds is 7. The molecule has 38 heavy (non-hydrogen) atoms. The molecule has 0 radical (unpaired) electrons. The quantitative estimate of drug-likeness (QED) is 0.482. The summed E-state index contributed by atoms with van der Waals surface area (Å²) in [5.41, 5.74) is -1.06. The van der Waals surface area contributed by atoms with Gasteiger partial charge >= 0.3 is 6.18 Å². The third kappa shape index (κ3) is 6.14. The summed E-state index contributed by atoms with van der Waals surface area (Å²) in [5, 5.41) is 2.55. The monoisotopic (exact) mass is 547 g/mol. The number of para-hydroxylation sites is 1. The summed E-state index contributed by atoms with van der Waals surface area (Å²) >= 11 is 0. The number of anilines is 2. The Morgan fingerprint density at radius 2 is 1.58 bits per heavy atom. The number of carbonyl (C=O) groups excluding carboxylic acids is 2. The second-order valence-electron chi connectivity index (χ2n) is 8.37. The smallest absolute Gasteiger partial charge is 0.378 e. The average Bonchev–Trinajstić information content (AvgIpc) is 2.92. The van der Waals surface area contributed by atoms with Crippen LogP contribution >= 0.6 is 0 Å². The fraction of sp³-hybridized carbons (Fsp3) is 0.231. The number of nitrogens with zero attached hydrogens (tertiary/aromatic N) is 2. The Kier molecular flexibility index (Phi) is 8.02. The highest BCUT2D eigenvalue weighted by molar-refractivity contribution is 7.92. The molecule has 1 aliphatic rings. The molecule has 1 heterocycles. The van der Waals surface area contributed by atoms with Gasteiger partial charge in [-0.05, 0) is 42.5 Å². The molecule has 0 unspecified atom stereocenters. The van der Waals surface area contributed by atoms with Crippen LogP contribution in [0.1, 0.15) is 15.9 Å². The van der Waals surface area contributed by atoms with E-state index in [4.69, 9.17) is 4.74 Å². The molecule has 8 nitrogen and oxygen atoms in total. The number of hydrogen-bond acceptors (Lipinski definition) is 5. The first kappa shape index (κ1) is 27.1. The Hall–Kier alpha value is -3.90. The zero-order valence-corrected chi connectivity index (χ0v) is 20.8. The molecular formula is C26H24F3N3O5S. The van der Waals surface area contributed by atoms with Crippen molar-refractivity contribution in [1.29, 1.82) is 0 Å². The van der Waals surface area contributed by atoms with E-state index < -0.39 is 34.2 Å². The molecule has 0 spiro atoms. The molecule has 1 aliphatic heterocycles. The molecule has 0 aromatic heterocycles. The van der Waals surface area contributed by atoms with Crippen LogP contribution in [0.25, 0.3) is 0 Å². The molecule has 0 aliphatic carbocycles. The van der Waals surface area contributed by atoms with Gasteiger partial charge in [-0.3, -0.25) is 13.9 Å². The standard InChI is InChI=1S/C26H24F3N3O5S/c27-26(28,29)19-7-6-8-20(17-19)32(38(35,36)21-9-2-1-3-10-21)18-24(33)30-23-12-5-4-11-22(23)25(34)31-13-15-37-16-14-31/h1-12,17H,13-16,18H2,(H,30,33). The van der Waals surface area contributed by atoms with Crippen LogP contribution in [0.4, 0.5) is 24.5 Å². The van der Waals surface area contributed by atoms with Gasteiger partial charge in [-0.1, -0.05) is 36.4 Å². The van der Waals surface area contributed by atoms with Crippen molar-refractivity contribution >= 4 is 33.2 Å². The lowest BCUT2D eigenvalue weighted by Crippen LogP contribution is -2.41. The minimum atomic E-state index is -4.72. The van der Waals surface area contributed by atoms with Gasteiger partial charge in [0.05, 0.1) is 40.6 Å². The number of sulfonamides is 1. The summed E-state index contributed by atoms with van der Waals surface area (Å²) in [4.78, 5) is 27.5. The molecule has 3 aromatic carbocycles. The van der Waals surface area contributed by atoms with E-state index in [0.717, 1.165) is 12.1 Å². The normalized spacial score (nSPS) is 14.1. The number of benzene rings is 3. The highest BCUT2D eigenvalue weighted by atomic mass is 32.2. The van der Waals surface area contributed by atoms with E-state index in [1.807, 2.05) is 0 Å². The fourth-order valence-electron chi connectivity index (χ4n) is 3.91. The maximum atomic E-state index is 13.5. The van der Waals surface area contributed by atoms with Crippen molar-refractivity contribution in [3.63, 3.8) is 0 Å². The zero-order chi connectivity index (χ0) is 27.3. The maximum Gasteiger partial charge on any atom is 0.416 e. The third-order valence-corrected chi connectivity index (χ3v) is 7.60. The Labute approximate surface area is 217 Å². The largest absolute Gasteiger partial charge is 0.416 e. The number of hydrogen-bond donors (Lipinski definition) is 1. The predicted octanol–water partition coefficient (Wildman–Crippen LogP) is 4.01. The lowest BCUT2D eigenvalue weighted by atomic mass is 10.1. The van der Waals surface area contributed by atoms with E-state index in [1.165, 1.54) is 42.5 Å². The van der Waals surface area contributed by atoms with E-state index in [2.05, 4.69) is 5.32 Å². The summed E-state index contributed by atoms with van der Waals surface area (Å²) in [6, 6.07) is 17.0. The van der Waals surface area contributed by atoms with Crippen LogP contribution in [0.5, 0.6) is 0 Å². The van der Waals surface area contributed by atoms with Crippen molar-refractivity contribution in [2.75, 3.05) is 42.5 Å². The van der Waals surface area contributed by atoms with E-state index >= 15 is 0 Å². The first-order chi connectivity index (χ1) is 18.1. The second-order valence-corrected chi connectivity index (χ2v) is 10.2. The summed E-state index contributed by atoms with van der Waals surface area (Å²) in [5.74, 6) is -1.18. The van der Waals surface area contributed by atoms with Gasteiger partial charge in [-0.25, -0.2) is 8.42 Å². The summed E-state index contributed by atoms with van der Waals surface area (Å²) in [6.07, 6.45) is -4.72. The van der Waals surface area contributed by atoms with Gasteiger partial charge in [-0.2, -0.15) is 13.2 Å². The SMILES string of the molecule is O=C(CN(c1cccc(C(F)(F)F)c1)S(=O)(=O)c1ccccc1)Nc1ccccc1C(=O)N1CCOCC1. The van der Waals surface area contributed by atoms with Crippen molar-refractivity contribution < 1.29 is 35.9 Å². The summed E-state index contributed by atoms with van der Waals surface area (Å²) < 4.78 is 72.9. The number of amides is 2. The predicted molar refractivity (Wildman–Crippen MR) is 134 cm³/mol. The molecule has 1 fully saturated rings. The molecule has 200 valence electrons. The number of alkyl halides is 3. The zero-order valence-electron chi connectivity index (χ0n) is 20.0. The number of nitrogens with one attached hydrogen (secondary N) is 1. The van der Waals surface area contributed by atoms with Gasteiger partial charge in [0.1, 0.15) is 6.54 Å². The molecule has 0 bridgehead atoms. The minimum Gasteiger partial charge on any atom is -0.378 e. The van der Waals surface area contributed by atoms with Gasteiger partial charge in [0.25, 0.3) is 15.9 Å². The molecule has 2 amide bonds. The van der Waals surface area contributed by atoms with Gasteiger partial charge in [0.15, 0.2) is 0 Å². The van der Waals surface area contributed by atoms with Crippen LogP contribution in [0, 0.1) is 0 Å². The first-order valence-electron chi connectivity index (χ1n) is 11.6.